The molecule has 7 heteroatoms. The van der Waals surface area contributed by atoms with Crippen LogP contribution >= 0.6 is 0 Å². The van der Waals surface area contributed by atoms with E-state index in [1.165, 1.54) is 12.1 Å². The summed E-state index contributed by atoms with van der Waals surface area (Å²) >= 11 is 0. The van der Waals surface area contributed by atoms with E-state index >= 15 is 0 Å². The molecule has 0 heterocycles. The van der Waals surface area contributed by atoms with Gasteiger partial charge >= 0.3 is 0 Å². The fourth-order valence-electron chi connectivity index (χ4n) is 2.44. The molecule has 3 N–H and O–H groups in total. The van der Waals surface area contributed by atoms with Crippen LogP contribution in [0.3, 0.4) is 0 Å². The average molecular weight is 322 g/mol. The molecule has 0 atom stereocenters. The molecule has 0 aromatic heterocycles. The van der Waals surface area contributed by atoms with Gasteiger partial charge in [0.1, 0.15) is 17.1 Å². The third-order valence-electron chi connectivity index (χ3n) is 3.71. The van der Waals surface area contributed by atoms with Crippen LogP contribution in [0.1, 0.15) is 5.56 Å². The minimum absolute atomic E-state index is 0.129. The maximum atomic E-state index is 10.7. The molecule has 7 nitrogen and oxygen atoms in total. The van der Waals surface area contributed by atoms with Crippen LogP contribution in [0.25, 0.3) is 10.8 Å². The van der Waals surface area contributed by atoms with Gasteiger partial charge in [-0.15, -0.1) is 10.2 Å². The normalized spacial score (nSPS) is 11.2. The quantitative estimate of drug-likeness (QED) is 0.313. The molecule has 0 aliphatic carbocycles. The number of non-ortho nitro benzene ring substituents is 1. The van der Waals surface area contributed by atoms with E-state index in [4.69, 9.17) is 5.73 Å². The predicted octanol–water partition coefficient (Wildman–Crippen LogP) is 4.76. The Bertz CT molecular complexity index is 983. The zero-order chi connectivity index (χ0) is 17.3. The van der Waals surface area contributed by atoms with Crippen LogP contribution in [0.15, 0.2) is 58.8 Å². The summed E-state index contributed by atoms with van der Waals surface area (Å²) in [5.41, 5.74) is 7.95. The number of nitro benzene ring substituents is 1. The van der Waals surface area contributed by atoms with Gasteiger partial charge < -0.3 is 10.8 Å². The number of nitrogens with zero attached hydrogens (tertiary/aromatic N) is 3. The predicted molar refractivity (Wildman–Crippen MR) is 92.0 cm³/mol. The second-order valence-electron chi connectivity index (χ2n) is 5.30. The Hall–Kier alpha value is -3.48. The number of anilines is 1. The highest BCUT2D eigenvalue weighted by atomic mass is 16.6. The number of nitrogens with two attached hydrogens (primary N) is 1. The Morgan fingerprint density at radius 2 is 1.88 bits per heavy atom. The lowest BCUT2D eigenvalue weighted by molar-refractivity contribution is -0.384. The summed E-state index contributed by atoms with van der Waals surface area (Å²) in [5, 5.41) is 30.5. The summed E-state index contributed by atoms with van der Waals surface area (Å²) < 4.78 is 0. The summed E-state index contributed by atoms with van der Waals surface area (Å²) in [6.07, 6.45) is 0. The van der Waals surface area contributed by atoms with E-state index in [9.17, 15) is 15.2 Å². The summed E-state index contributed by atoms with van der Waals surface area (Å²) in [4.78, 5) is 10.1. The standard InChI is InChI=1S/C17H14N4O3/c1-10-3-2-4-13-12(10)6-7-14(18)17(13)20-19-15-8-5-11(21(23)24)9-16(15)22/h2-9,22H,18H2,1H3. The van der Waals surface area contributed by atoms with Gasteiger partial charge in [0.2, 0.25) is 0 Å². The maximum absolute atomic E-state index is 10.7. The Balaban J connectivity index is 2.07. The summed E-state index contributed by atoms with van der Waals surface area (Å²) in [7, 11) is 0. The van der Waals surface area contributed by atoms with E-state index in [-0.39, 0.29) is 17.1 Å². The average Bonchev–Trinajstić information content (AvgIpc) is 2.55. The molecule has 24 heavy (non-hydrogen) atoms. The number of nitrogen functional groups attached to an aromatic ring is 1. The first kappa shape index (κ1) is 15.4. The number of phenols is 1. The third kappa shape index (κ3) is 2.74. The van der Waals surface area contributed by atoms with Crippen LogP contribution < -0.4 is 5.73 Å². The third-order valence-corrected chi connectivity index (χ3v) is 3.71. The molecular formula is C17H14N4O3. The van der Waals surface area contributed by atoms with Gasteiger partial charge in [-0.2, -0.15) is 0 Å². The zero-order valence-corrected chi connectivity index (χ0v) is 12.8. The van der Waals surface area contributed by atoms with Gasteiger partial charge in [0.15, 0.2) is 0 Å². The Morgan fingerprint density at radius 3 is 2.58 bits per heavy atom. The van der Waals surface area contributed by atoms with Gasteiger partial charge in [-0.05, 0) is 30.0 Å². The molecule has 0 spiro atoms. The Labute approximate surface area is 137 Å². The van der Waals surface area contributed by atoms with Gasteiger partial charge in [0, 0.05) is 11.5 Å². The summed E-state index contributed by atoms with van der Waals surface area (Å²) in [6.45, 7) is 1.99. The van der Waals surface area contributed by atoms with Crippen molar-refractivity contribution in [2.45, 2.75) is 6.92 Å². The minimum Gasteiger partial charge on any atom is -0.505 e. The lowest BCUT2D eigenvalue weighted by atomic mass is 10.0. The van der Waals surface area contributed by atoms with Crippen LogP contribution in [-0.4, -0.2) is 10.0 Å². The Kier molecular flexibility index (Phi) is 3.83. The molecule has 0 radical (unpaired) electrons. The second kappa shape index (κ2) is 5.96. The number of hydrogen-bond donors (Lipinski definition) is 2. The number of azo groups is 1. The monoisotopic (exact) mass is 322 g/mol. The topological polar surface area (TPSA) is 114 Å². The van der Waals surface area contributed by atoms with Crippen LogP contribution in [-0.2, 0) is 0 Å². The lowest BCUT2D eigenvalue weighted by Gasteiger charge is -2.07. The molecule has 3 rings (SSSR count). The highest BCUT2D eigenvalue weighted by molar-refractivity contribution is 5.99. The van der Waals surface area contributed by atoms with Gasteiger partial charge in [-0.25, -0.2) is 0 Å². The summed E-state index contributed by atoms with van der Waals surface area (Å²) in [6, 6.07) is 13.1. The fourth-order valence-corrected chi connectivity index (χ4v) is 2.44. The molecule has 0 saturated carbocycles. The van der Waals surface area contributed by atoms with Crippen molar-refractivity contribution in [3.8, 4) is 5.75 Å². The SMILES string of the molecule is Cc1cccc2c(N=Nc3ccc([N+](=O)[O-])cc3O)c(N)ccc12. The first-order valence-electron chi connectivity index (χ1n) is 7.14. The van der Waals surface area contributed by atoms with Crippen LogP contribution in [0, 0.1) is 17.0 Å². The minimum atomic E-state index is -0.591. The smallest absolute Gasteiger partial charge is 0.273 e. The number of aryl methyl sites for hydroxylation is 1. The van der Waals surface area contributed by atoms with Crippen molar-refractivity contribution in [2.75, 3.05) is 5.73 Å². The highest BCUT2D eigenvalue weighted by Crippen LogP contribution is 2.36. The highest BCUT2D eigenvalue weighted by Gasteiger charge is 2.11. The molecule has 0 bridgehead atoms. The molecule has 0 aliphatic rings. The van der Waals surface area contributed by atoms with E-state index in [0.717, 1.165) is 22.4 Å². The number of aromatic hydroxyl groups is 1. The molecule has 3 aromatic rings. The number of hydrogen-bond acceptors (Lipinski definition) is 6. The largest absolute Gasteiger partial charge is 0.505 e. The van der Waals surface area contributed by atoms with Crippen molar-refractivity contribution in [1.82, 2.24) is 0 Å². The van der Waals surface area contributed by atoms with E-state index in [0.29, 0.717) is 11.4 Å². The number of nitro groups is 1. The van der Waals surface area contributed by atoms with Crippen LogP contribution in [0.2, 0.25) is 0 Å². The van der Waals surface area contributed by atoms with Crippen molar-refractivity contribution in [2.24, 2.45) is 10.2 Å². The molecule has 0 unspecified atom stereocenters. The van der Waals surface area contributed by atoms with Crippen molar-refractivity contribution in [1.29, 1.82) is 0 Å². The van der Waals surface area contributed by atoms with E-state index in [1.54, 1.807) is 6.07 Å². The number of fused-ring (bicyclic) bond motifs is 1. The summed E-state index contributed by atoms with van der Waals surface area (Å²) in [5.74, 6) is -0.317. The van der Waals surface area contributed by atoms with Gasteiger partial charge in [0.25, 0.3) is 5.69 Å². The van der Waals surface area contributed by atoms with Crippen molar-refractivity contribution >= 4 is 33.5 Å². The van der Waals surface area contributed by atoms with Crippen LogP contribution in [0.5, 0.6) is 5.75 Å². The molecule has 0 aliphatic heterocycles. The first-order valence-corrected chi connectivity index (χ1v) is 7.14. The van der Waals surface area contributed by atoms with E-state index in [1.807, 2.05) is 31.2 Å². The first-order chi connectivity index (χ1) is 11.5. The van der Waals surface area contributed by atoms with Crippen molar-refractivity contribution < 1.29 is 10.0 Å². The number of phenolic OH excluding ortho intramolecular Hbond substituents is 1. The lowest BCUT2D eigenvalue weighted by Crippen LogP contribution is -1.88. The molecular weight excluding hydrogens is 308 g/mol. The van der Waals surface area contributed by atoms with E-state index < -0.39 is 4.92 Å². The molecule has 0 amide bonds. The van der Waals surface area contributed by atoms with Crippen LogP contribution in [0.4, 0.5) is 22.7 Å². The van der Waals surface area contributed by atoms with E-state index in [2.05, 4.69) is 10.2 Å². The molecule has 0 saturated heterocycles. The molecule has 0 fully saturated rings. The van der Waals surface area contributed by atoms with Crippen molar-refractivity contribution in [3.05, 3.63) is 64.2 Å². The van der Waals surface area contributed by atoms with Gasteiger partial charge in [0.05, 0.1) is 16.7 Å². The van der Waals surface area contributed by atoms with Crippen molar-refractivity contribution in [3.63, 3.8) is 0 Å². The molecule has 120 valence electrons. The second-order valence-corrected chi connectivity index (χ2v) is 5.30. The zero-order valence-electron chi connectivity index (χ0n) is 12.8. The Morgan fingerprint density at radius 1 is 1.08 bits per heavy atom. The maximum Gasteiger partial charge on any atom is 0.273 e. The number of rotatable bonds is 3. The number of benzene rings is 3. The van der Waals surface area contributed by atoms with Gasteiger partial charge in [-0.3, -0.25) is 10.1 Å². The van der Waals surface area contributed by atoms with Gasteiger partial charge in [-0.1, -0.05) is 24.3 Å². The molecule has 3 aromatic carbocycles. The fraction of sp³-hybridized carbons (Fsp3) is 0.0588.